The second kappa shape index (κ2) is 5.58. The van der Waals surface area contributed by atoms with E-state index >= 15 is 0 Å². The lowest BCUT2D eigenvalue weighted by Gasteiger charge is -2.20. The highest BCUT2D eigenvalue weighted by Gasteiger charge is 2.10. The Labute approximate surface area is 126 Å². The van der Waals surface area contributed by atoms with Gasteiger partial charge in [-0.2, -0.15) is 5.10 Å². The van der Waals surface area contributed by atoms with Gasteiger partial charge >= 0.3 is 0 Å². The molecule has 1 aromatic heterocycles. The molecule has 2 aromatic rings. The molecule has 0 fully saturated rings. The maximum atomic E-state index is 14.1. The third-order valence-corrected chi connectivity index (χ3v) is 3.19. The van der Waals surface area contributed by atoms with Crippen LogP contribution in [0.2, 0.25) is 0 Å². The summed E-state index contributed by atoms with van der Waals surface area (Å²) in [6, 6.07) is 5.24. The molecular formula is C14H17FIN3. The SMILES string of the molecule is CC(C)(C)NCc1ccc(-n2cc(I)cn2)c(F)c1. The van der Waals surface area contributed by atoms with Crippen molar-refractivity contribution < 1.29 is 4.39 Å². The van der Waals surface area contributed by atoms with Crippen LogP contribution in [-0.4, -0.2) is 15.3 Å². The van der Waals surface area contributed by atoms with Gasteiger partial charge in [-0.1, -0.05) is 6.07 Å². The molecule has 1 heterocycles. The van der Waals surface area contributed by atoms with Crippen molar-refractivity contribution in [1.29, 1.82) is 0 Å². The number of aromatic nitrogens is 2. The molecular weight excluding hydrogens is 356 g/mol. The average Bonchev–Trinajstić information content (AvgIpc) is 2.72. The standard InChI is InChI=1S/C14H17FIN3/c1-14(2,3)17-7-10-4-5-13(12(15)6-10)19-9-11(16)8-18-19/h4-6,8-9,17H,7H2,1-3H3. The smallest absolute Gasteiger partial charge is 0.149 e. The van der Waals surface area contributed by atoms with Crippen molar-refractivity contribution in [1.82, 2.24) is 15.1 Å². The summed E-state index contributed by atoms with van der Waals surface area (Å²) >= 11 is 2.15. The minimum absolute atomic E-state index is 0.0211. The zero-order valence-electron chi connectivity index (χ0n) is 11.2. The summed E-state index contributed by atoms with van der Waals surface area (Å²) < 4.78 is 16.6. The molecule has 0 bridgehead atoms. The van der Waals surface area contributed by atoms with Gasteiger partial charge in [-0.3, -0.25) is 0 Å². The Morgan fingerprint density at radius 1 is 1.37 bits per heavy atom. The molecule has 0 unspecified atom stereocenters. The van der Waals surface area contributed by atoms with Gasteiger partial charge in [0.25, 0.3) is 0 Å². The Morgan fingerprint density at radius 3 is 2.63 bits per heavy atom. The minimum Gasteiger partial charge on any atom is -0.308 e. The van der Waals surface area contributed by atoms with Crippen LogP contribution in [0.5, 0.6) is 0 Å². The molecule has 1 N–H and O–H groups in total. The Hall–Kier alpha value is -0.950. The van der Waals surface area contributed by atoms with Crippen LogP contribution in [0.4, 0.5) is 4.39 Å². The fourth-order valence-electron chi connectivity index (χ4n) is 1.65. The lowest BCUT2D eigenvalue weighted by atomic mass is 10.1. The van der Waals surface area contributed by atoms with E-state index in [1.165, 1.54) is 0 Å². The van der Waals surface area contributed by atoms with E-state index in [0.717, 1.165) is 9.13 Å². The van der Waals surface area contributed by atoms with E-state index in [0.29, 0.717) is 12.2 Å². The molecule has 2 rings (SSSR count). The first kappa shape index (κ1) is 14.5. The molecule has 0 aliphatic heterocycles. The Bertz CT molecular complexity index is 572. The second-order valence-electron chi connectivity index (χ2n) is 5.49. The molecule has 0 spiro atoms. The first-order valence-electron chi connectivity index (χ1n) is 6.09. The highest BCUT2D eigenvalue weighted by atomic mass is 127. The van der Waals surface area contributed by atoms with Crippen molar-refractivity contribution >= 4 is 22.6 Å². The van der Waals surface area contributed by atoms with Gasteiger partial charge in [0, 0.05) is 18.3 Å². The maximum absolute atomic E-state index is 14.1. The minimum atomic E-state index is -0.257. The molecule has 1 aromatic carbocycles. The average molecular weight is 373 g/mol. The molecule has 3 nitrogen and oxygen atoms in total. The van der Waals surface area contributed by atoms with E-state index in [-0.39, 0.29) is 11.4 Å². The first-order valence-corrected chi connectivity index (χ1v) is 7.17. The van der Waals surface area contributed by atoms with Gasteiger partial charge < -0.3 is 5.32 Å². The summed E-state index contributed by atoms with van der Waals surface area (Å²) in [4.78, 5) is 0. The van der Waals surface area contributed by atoms with Gasteiger partial charge in [-0.05, 0) is 61.1 Å². The molecule has 0 radical (unpaired) electrons. The van der Waals surface area contributed by atoms with Crippen LogP contribution in [0.3, 0.4) is 0 Å². The molecule has 0 atom stereocenters. The maximum Gasteiger partial charge on any atom is 0.149 e. The number of benzene rings is 1. The van der Waals surface area contributed by atoms with Crippen molar-refractivity contribution in [3.63, 3.8) is 0 Å². The summed E-state index contributed by atoms with van der Waals surface area (Å²) in [5.74, 6) is -0.257. The fourth-order valence-corrected chi connectivity index (χ4v) is 2.03. The van der Waals surface area contributed by atoms with Crippen LogP contribution in [-0.2, 0) is 6.54 Å². The Morgan fingerprint density at radius 2 is 2.11 bits per heavy atom. The van der Waals surface area contributed by atoms with Gasteiger partial charge in [-0.25, -0.2) is 9.07 Å². The molecule has 0 saturated heterocycles. The number of halogens is 2. The normalized spacial score (nSPS) is 11.8. The fraction of sp³-hybridized carbons (Fsp3) is 0.357. The molecule has 19 heavy (non-hydrogen) atoms. The number of nitrogens with one attached hydrogen (secondary N) is 1. The summed E-state index contributed by atoms with van der Waals surface area (Å²) in [6.07, 6.45) is 3.50. The molecule has 0 amide bonds. The van der Waals surface area contributed by atoms with Crippen molar-refractivity contribution in [2.75, 3.05) is 0 Å². The monoisotopic (exact) mass is 373 g/mol. The number of nitrogens with zero attached hydrogens (tertiary/aromatic N) is 2. The molecule has 0 saturated carbocycles. The molecule has 0 aliphatic rings. The first-order chi connectivity index (χ1) is 8.85. The summed E-state index contributed by atoms with van der Waals surface area (Å²) in [7, 11) is 0. The zero-order chi connectivity index (χ0) is 14.0. The lowest BCUT2D eigenvalue weighted by molar-refractivity contribution is 0.423. The van der Waals surface area contributed by atoms with Crippen molar-refractivity contribution in [2.24, 2.45) is 0 Å². The predicted molar refractivity (Wildman–Crippen MR) is 82.8 cm³/mol. The quantitative estimate of drug-likeness (QED) is 0.835. The van der Waals surface area contributed by atoms with Crippen molar-refractivity contribution in [3.05, 3.63) is 45.5 Å². The molecule has 5 heteroatoms. The number of hydrogen-bond donors (Lipinski definition) is 1. The third kappa shape index (κ3) is 4.01. The summed E-state index contributed by atoms with van der Waals surface area (Å²) in [6.45, 7) is 6.91. The second-order valence-corrected chi connectivity index (χ2v) is 6.74. The van der Waals surface area contributed by atoms with E-state index in [9.17, 15) is 4.39 Å². The largest absolute Gasteiger partial charge is 0.308 e. The summed E-state index contributed by atoms with van der Waals surface area (Å²) in [5.41, 5.74) is 1.42. The highest BCUT2D eigenvalue weighted by Crippen LogP contribution is 2.16. The van der Waals surface area contributed by atoms with Gasteiger partial charge in [0.2, 0.25) is 0 Å². The van der Waals surface area contributed by atoms with Crippen LogP contribution in [0, 0.1) is 9.39 Å². The number of hydrogen-bond acceptors (Lipinski definition) is 2. The summed E-state index contributed by atoms with van der Waals surface area (Å²) in [5, 5.41) is 7.45. The lowest BCUT2D eigenvalue weighted by Crippen LogP contribution is -2.35. The third-order valence-electron chi connectivity index (χ3n) is 2.63. The van der Waals surface area contributed by atoms with Crippen LogP contribution in [0.25, 0.3) is 5.69 Å². The van der Waals surface area contributed by atoms with E-state index in [4.69, 9.17) is 0 Å². The van der Waals surface area contributed by atoms with Gasteiger partial charge in [0.15, 0.2) is 0 Å². The Kier molecular flexibility index (Phi) is 4.25. The molecule has 102 valence electrons. The Balaban J connectivity index is 2.18. The van der Waals surface area contributed by atoms with Gasteiger partial charge in [-0.15, -0.1) is 0 Å². The van der Waals surface area contributed by atoms with Crippen LogP contribution in [0.15, 0.2) is 30.6 Å². The van der Waals surface area contributed by atoms with E-state index in [2.05, 4.69) is 53.8 Å². The zero-order valence-corrected chi connectivity index (χ0v) is 13.4. The molecule has 0 aliphatic carbocycles. The van der Waals surface area contributed by atoms with Crippen molar-refractivity contribution in [3.8, 4) is 5.69 Å². The predicted octanol–water partition coefficient (Wildman–Crippen LogP) is 3.50. The van der Waals surface area contributed by atoms with E-state index < -0.39 is 0 Å². The van der Waals surface area contributed by atoms with E-state index in [1.807, 2.05) is 6.07 Å². The van der Waals surface area contributed by atoms with Crippen LogP contribution in [0.1, 0.15) is 26.3 Å². The van der Waals surface area contributed by atoms with Crippen molar-refractivity contribution in [2.45, 2.75) is 32.9 Å². The van der Waals surface area contributed by atoms with Gasteiger partial charge in [0.1, 0.15) is 11.5 Å². The topological polar surface area (TPSA) is 29.9 Å². The number of rotatable bonds is 3. The van der Waals surface area contributed by atoms with Crippen LogP contribution >= 0.6 is 22.6 Å². The highest BCUT2D eigenvalue weighted by molar-refractivity contribution is 14.1. The van der Waals surface area contributed by atoms with E-state index in [1.54, 1.807) is 29.2 Å². The van der Waals surface area contributed by atoms with Crippen LogP contribution < -0.4 is 5.32 Å². The van der Waals surface area contributed by atoms with Gasteiger partial charge in [0.05, 0.1) is 9.77 Å².